The van der Waals surface area contributed by atoms with Crippen LogP contribution in [-0.4, -0.2) is 16.9 Å². The van der Waals surface area contributed by atoms with E-state index >= 15 is 0 Å². The molecule has 2 unspecified atom stereocenters. The monoisotopic (exact) mass is 338 g/mol. The lowest BCUT2D eigenvalue weighted by molar-refractivity contribution is 0.0168. The minimum Gasteiger partial charge on any atom is -0.390 e. The summed E-state index contributed by atoms with van der Waals surface area (Å²) >= 11 is 6.74. The molecule has 0 aliphatic rings. The average Bonchev–Trinajstić information content (AvgIpc) is 2.11. The van der Waals surface area contributed by atoms with Crippen molar-refractivity contribution in [2.24, 2.45) is 0 Å². The maximum atomic E-state index is 14.0. The summed E-state index contributed by atoms with van der Waals surface area (Å²) in [7, 11) is 0. The van der Waals surface area contributed by atoms with Gasteiger partial charge in [0.1, 0.15) is 5.67 Å². The average molecular weight is 340 g/mol. The van der Waals surface area contributed by atoms with Gasteiger partial charge in [-0.05, 0) is 31.5 Å². The fourth-order valence-electron chi connectivity index (χ4n) is 1.19. The van der Waals surface area contributed by atoms with Gasteiger partial charge in [0.25, 0.3) is 0 Å². The zero-order chi connectivity index (χ0) is 11.6. The minimum atomic E-state index is -1.62. The Hall–Kier alpha value is 0.0700. The molecule has 0 aliphatic heterocycles. The van der Waals surface area contributed by atoms with Crippen molar-refractivity contribution >= 4 is 31.9 Å². The summed E-state index contributed by atoms with van der Waals surface area (Å²) in [5.41, 5.74) is -0.782. The lowest BCUT2D eigenvalue weighted by Crippen LogP contribution is -2.34. The van der Waals surface area contributed by atoms with E-state index in [1.807, 2.05) is 18.2 Å². The molecule has 1 N–H and O–H groups in total. The lowest BCUT2D eigenvalue weighted by Gasteiger charge is -2.24. The Morgan fingerprint density at radius 1 is 1.40 bits per heavy atom. The van der Waals surface area contributed by atoms with Crippen LogP contribution in [0.1, 0.15) is 19.4 Å². The van der Waals surface area contributed by atoms with Crippen LogP contribution < -0.4 is 0 Å². The Morgan fingerprint density at radius 3 is 2.27 bits per heavy atom. The first-order valence-corrected chi connectivity index (χ1v) is 6.23. The quantitative estimate of drug-likeness (QED) is 0.886. The molecule has 1 rings (SSSR count). The number of alkyl halides is 1. The van der Waals surface area contributed by atoms with Gasteiger partial charge in [0.15, 0.2) is 0 Å². The predicted octanol–water partition coefficient (Wildman–Crippen LogP) is 3.86. The first-order valence-electron chi connectivity index (χ1n) is 4.64. The van der Waals surface area contributed by atoms with Crippen molar-refractivity contribution in [3.8, 4) is 0 Å². The number of rotatable bonds is 3. The molecule has 1 aromatic rings. The molecule has 0 spiro atoms. The molecule has 0 aliphatic carbocycles. The Kier molecular flexibility index (Phi) is 4.32. The van der Waals surface area contributed by atoms with Crippen molar-refractivity contribution in [1.29, 1.82) is 0 Å². The smallest absolute Gasteiger partial charge is 0.137 e. The molecule has 0 heterocycles. The van der Waals surface area contributed by atoms with Crippen LogP contribution >= 0.6 is 31.9 Å². The lowest BCUT2D eigenvalue weighted by atomic mass is 9.94. The molecule has 0 saturated carbocycles. The molecule has 0 radical (unpaired) electrons. The largest absolute Gasteiger partial charge is 0.390 e. The van der Waals surface area contributed by atoms with E-state index in [2.05, 4.69) is 31.9 Å². The highest BCUT2D eigenvalue weighted by molar-refractivity contribution is 9.11. The zero-order valence-electron chi connectivity index (χ0n) is 8.60. The van der Waals surface area contributed by atoms with Gasteiger partial charge in [-0.15, -0.1) is 0 Å². The molecule has 0 amide bonds. The van der Waals surface area contributed by atoms with Crippen LogP contribution in [0.4, 0.5) is 4.39 Å². The van der Waals surface area contributed by atoms with Crippen molar-refractivity contribution in [3.05, 3.63) is 32.7 Å². The number of halogens is 3. The highest BCUT2D eigenvalue weighted by atomic mass is 79.9. The Labute approximate surface area is 106 Å². The van der Waals surface area contributed by atoms with Crippen LogP contribution in [0.3, 0.4) is 0 Å². The zero-order valence-corrected chi connectivity index (χ0v) is 11.8. The van der Waals surface area contributed by atoms with E-state index in [4.69, 9.17) is 0 Å². The second-order valence-corrected chi connectivity index (χ2v) is 5.54. The summed E-state index contributed by atoms with van der Waals surface area (Å²) < 4.78 is 15.7. The van der Waals surface area contributed by atoms with E-state index in [0.717, 1.165) is 14.5 Å². The van der Waals surface area contributed by atoms with E-state index in [-0.39, 0.29) is 6.42 Å². The van der Waals surface area contributed by atoms with E-state index in [1.165, 1.54) is 13.8 Å². The Morgan fingerprint density at radius 2 is 1.87 bits per heavy atom. The Balaban J connectivity index is 2.99. The molecule has 2 atom stereocenters. The number of hydrogen-bond acceptors (Lipinski definition) is 1. The van der Waals surface area contributed by atoms with Gasteiger partial charge in [-0.1, -0.05) is 37.9 Å². The van der Waals surface area contributed by atoms with Crippen LogP contribution in [0.15, 0.2) is 27.1 Å². The highest BCUT2D eigenvalue weighted by Crippen LogP contribution is 2.31. The van der Waals surface area contributed by atoms with Crippen LogP contribution in [0.25, 0.3) is 0 Å². The standard InChI is InChI=1S/C11H13Br2FO/c1-7(15)11(2,14)6-8-9(12)4-3-5-10(8)13/h3-5,7,15H,6H2,1-2H3. The summed E-state index contributed by atoms with van der Waals surface area (Å²) in [4.78, 5) is 0. The molecule has 1 nitrogen and oxygen atoms in total. The second kappa shape index (κ2) is 4.93. The van der Waals surface area contributed by atoms with Gasteiger partial charge in [0.05, 0.1) is 6.10 Å². The van der Waals surface area contributed by atoms with Crippen molar-refractivity contribution in [1.82, 2.24) is 0 Å². The molecule has 4 heteroatoms. The first kappa shape index (κ1) is 13.1. The van der Waals surface area contributed by atoms with E-state index in [0.29, 0.717) is 0 Å². The topological polar surface area (TPSA) is 20.2 Å². The second-order valence-electron chi connectivity index (χ2n) is 3.83. The van der Waals surface area contributed by atoms with E-state index < -0.39 is 11.8 Å². The van der Waals surface area contributed by atoms with Crippen molar-refractivity contribution in [2.75, 3.05) is 0 Å². The number of aliphatic hydroxyl groups is 1. The Bertz CT molecular complexity index is 330. The third-order valence-corrected chi connectivity index (χ3v) is 3.94. The highest BCUT2D eigenvalue weighted by Gasteiger charge is 2.31. The number of benzene rings is 1. The summed E-state index contributed by atoms with van der Waals surface area (Å²) in [6.07, 6.45) is -0.816. The molecule has 0 aromatic heterocycles. The van der Waals surface area contributed by atoms with Crippen LogP contribution in [0, 0.1) is 0 Å². The molecule has 84 valence electrons. The van der Waals surface area contributed by atoms with Crippen molar-refractivity contribution in [2.45, 2.75) is 32.0 Å². The molecular weight excluding hydrogens is 327 g/mol. The maximum Gasteiger partial charge on any atom is 0.137 e. The van der Waals surface area contributed by atoms with Crippen LogP contribution in [0.5, 0.6) is 0 Å². The first-order chi connectivity index (χ1) is 6.84. The summed E-state index contributed by atoms with van der Waals surface area (Å²) in [5.74, 6) is 0. The van der Waals surface area contributed by atoms with Crippen molar-refractivity contribution < 1.29 is 9.50 Å². The van der Waals surface area contributed by atoms with Gasteiger partial charge in [-0.25, -0.2) is 4.39 Å². The summed E-state index contributed by atoms with van der Waals surface area (Å²) in [6, 6.07) is 5.59. The van der Waals surface area contributed by atoms with E-state index in [9.17, 15) is 9.50 Å². The number of aliphatic hydroxyl groups excluding tert-OH is 1. The van der Waals surface area contributed by atoms with Crippen molar-refractivity contribution in [3.63, 3.8) is 0 Å². The fraction of sp³-hybridized carbons (Fsp3) is 0.455. The van der Waals surface area contributed by atoms with E-state index in [1.54, 1.807) is 0 Å². The molecule has 0 fully saturated rings. The van der Waals surface area contributed by atoms with Gasteiger partial charge >= 0.3 is 0 Å². The molecule has 15 heavy (non-hydrogen) atoms. The third-order valence-electron chi connectivity index (χ3n) is 2.46. The summed E-state index contributed by atoms with van der Waals surface area (Å²) in [5, 5.41) is 9.32. The SMILES string of the molecule is CC(O)C(C)(F)Cc1c(Br)cccc1Br. The molecule has 1 aromatic carbocycles. The van der Waals surface area contributed by atoms with Gasteiger partial charge < -0.3 is 5.11 Å². The normalized spacial score (nSPS) is 17.2. The van der Waals surface area contributed by atoms with Gasteiger partial charge in [0.2, 0.25) is 0 Å². The van der Waals surface area contributed by atoms with Crippen LogP contribution in [0.2, 0.25) is 0 Å². The fourth-order valence-corrected chi connectivity index (χ4v) is 2.47. The van der Waals surface area contributed by atoms with Crippen LogP contribution in [-0.2, 0) is 6.42 Å². The molecule has 0 bridgehead atoms. The summed E-state index contributed by atoms with van der Waals surface area (Å²) in [6.45, 7) is 2.87. The van der Waals surface area contributed by atoms with Gasteiger partial charge in [-0.2, -0.15) is 0 Å². The van der Waals surface area contributed by atoms with Gasteiger partial charge in [0, 0.05) is 15.4 Å². The number of hydrogen-bond donors (Lipinski definition) is 1. The minimum absolute atomic E-state index is 0.173. The predicted molar refractivity (Wildman–Crippen MR) is 66.7 cm³/mol. The molecule has 0 saturated heterocycles. The molecular formula is C11H13Br2FO. The van der Waals surface area contributed by atoms with Gasteiger partial charge in [-0.3, -0.25) is 0 Å². The third kappa shape index (κ3) is 3.26. The maximum absolute atomic E-state index is 14.0.